The molecule has 7 heteroatoms. The zero-order valence-electron chi connectivity index (χ0n) is 17.0. The zero-order valence-corrected chi connectivity index (χ0v) is 17.8. The standard InChI is InChI=1S/C23H25N3O3S/c1-15-12-18-13-19(30(24,28)29)10-11-22(18)26(15)14-23(27)25-16(2)20-9-5-7-17-6-3-4-8-21(17)20/h3-11,13,15-16H,12,14H2,1-2H3,(H,25,27)(H2,24,28,29)/t15-,16-/m0/s1. The lowest BCUT2D eigenvalue weighted by Crippen LogP contribution is -2.40. The van der Waals surface area contributed by atoms with Crippen LogP contribution in [0.4, 0.5) is 5.69 Å². The first-order chi connectivity index (χ1) is 14.2. The van der Waals surface area contributed by atoms with Crippen molar-refractivity contribution in [2.45, 2.75) is 37.2 Å². The molecule has 2 atom stereocenters. The van der Waals surface area contributed by atoms with Crippen LogP contribution in [0.1, 0.15) is 31.0 Å². The van der Waals surface area contributed by atoms with Crippen molar-refractivity contribution in [3.63, 3.8) is 0 Å². The fourth-order valence-corrected chi connectivity index (χ4v) is 4.80. The summed E-state index contributed by atoms with van der Waals surface area (Å²) in [5.41, 5.74) is 2.85. The lowest BCUT2D eigenvalue weighted by molar-refractivity contribution is -0.120. The lowest BCUT2D eigenvalue weighted by atomic mass is 10.00. The minimum atomic E-state index is -3.74. The smallest absolute Gasteiger partial charge is 0.240 e. The number of benzene rings is 3. The monoisotopic (exact) mass is 423 g/mol. The molecule has 0 unspecified atom stereocenters. The Balaban J connectivity index is 1.51. The van der Waals surface area contributed by atoms with Crippen LogP contribution in [-0.4, -0.2) is 26.9 Å². The minimum absolute atomic E-state index is 0.0781. The Labute approximate surface area is 176 Å². The first-order valence-corrected chi connectivity index (χ1v) is 11.5. The second kappa shape index (κ2) is 7.74. The second-order valence-electron chi connectivity index (χ2n) is 7.87. The Morgan fingerprint density at radius 1 is 1.17 bits per heavy atom. The summed E-state index contributed by atoms with van der Waals surface area (Å²) in [5, 5.41) is 10.6. The Kier molecular flexibility index (Phi) is 5.26. The third-order valence-electron chi connectivity index (χ3n) is 5.72. The van der Waals surface area contributed by atoms with Crippen LogP contribution in [0.3, 0.4) is 0 Å². The highest BCUT2D eigenvalue weighted by molar-refractivity contribution is 7.89. The van der Waals surface area contributed by atoms with Crippen molar-refractivity contribution >= 4 is 32.4 Å². The van der Waals surface area contributed by atoms with E-state index in [9.17, 15) is 13.2 Å². The van der Waals surface area contributed by atoms with E-state index >= 15 is 0 Å². The van der Waals surface area contributed by atoms with E-state index in [0.29, 0.717) is 6.42 Å². The van der Waals surface area contributed by atoms with Crippen molar-refractivity contribution in [3.8, 4) is 0 Å². The van der Waals surface area contributed by atoms with Gasteiger partial charge in [0.05, 0.1) is 17.5 Å². The maximum absolute atomic E-state index is 12.8. The quantitative estimate of drug-likeness (QED) is 0.659. The van der Waals surface area contributed by atoms with Gasteiger partial charge in [-0.25, -0.2) is 13.6 Å². The van der Waals surface area contributed by atoms with Crippen LogP contribution < -0.4 is 15.4 Å². The van der Waals surface area contributed by atoms with Gasteiger partial charge in [0, 0.05) is 11.7 Å². The van der Waals surface area contributed by atoms with Crippen LogP contribution in [0.15, 0.2) is 65.6 Å². The number of carbonyl (C=O) groups excluding carboxylic acids is 1. The van der Waals surface area contributed by atoms with E-state index in [1.54, 1.807) is 12.1 Å². The number of fused-ring (bicyclic) bond motifs is 2. The van der Waals surface area contributed by atoms with Crippen molar-refractivity contribution in [2.75, 3.05) is 11.4 Å². The number of sulfonamides is 1. The molecule has 6 nitrogen and oxygen atoms in total. The normalized spacial score (nSPS) is 17.0. The topological polar surface area (TPSA) is 92.5 Å². The molecule has 0 bridgehead atoms. The average molecular weight is 424 g/mol. The predicted octanol–water partition coefficient (Wildman–Crippen LogP) is 3.12. The maximum atomic E-state index is 12.8. The van der Waals surface area contributed by atoms with E-state index in [2.05, 4.69) is 23.5 Å². The van der Waals surface area contributed by atoms with Crippen LogP contribution in [0.5, 0.6) is 0 Å². The fourth-order valence-electron chi connectivity index (χ4n) is 4.24. The number of nitrogens with one attached hydrogen (secondary N) is 1. The first kappa shape index (κ1) is 20.4. The molecular formula is C23H25N3O3S. The Hall–Kier alpha value is -2.90. The Morgan fingerprint density at radius 3 is 2.67 bits per heavy atom. The van der Waals surface area contributed by atoms with Gasteiger partial charge in [-0.05, 0) is 60.4 Å². The van der Waals surface area contributed by atoms with E-state index in [-0.39, 0.29) is 29.4 Å². The molecule has 0 radical (unpaired) electrons. The zero-order chi connectivity index (χ0) is 21.5. The third kappa shape index (κ3) is 3.91. The minimum Gasteiger partial charge on any atom is -0.359 e. The van der Waals surface area contributed by atoms with Gasteiger partial charge in [0.2, 0.25) is 15.9 Å². The summed E-state index contributed by atoms with van der Waals surface area (Å²) in [6.45, 7) is 4.22. The lowest BCUT2D eigenvalue weighted by Gasteiger charge is -2.25. The summed E-state index contributed by atoms with van der Waals surface area (Å²) in [5.74, 6) is -0.0781. The molecule has 4 rings (SSSR count). The van der Waals surface area contributed by atoms with Crippen LogP contribution in [0.2, 0.25) is 0 Å². The summed E-state index contributed by atoms with van der Waals surface area (Å²) in [7, 11) is -3.74. The van der Waals surface area contributed by atoms with Gasteiger partial charge in [-0.2, -0.15) is 0 Å². The van der Waals surface area contributed by atoms with Gasteiger partial charge < -0.3 is 10.2 Å². The molecule has 3 N–H and O–H groups in total. The van der Waals surface area contributed by atoms with Crippen LogP contribution in [0, 0.1) is 0 Å². The molecule has 1 aliphatic rings. The number of anilines is 1. The molecule has 156 valence electrons. The molecule has 30 heavy (non-hydrogen) atoms. The van der Waals surface area contributed by atoms with Crippen molar-refractivity contribution < 1.29 is 13.2 Å². The van der Waals surface area contributed by atoms with Crippen LogP contribution in [-0.2, 0) is 21.2 Å². The van der Waals surface area contributed by atoms with Gasteiger partial charge in [-0.3, -0.25) is 4.79 Å². The molecule has 0 aromatic heterocycles. The maximum Gasteiger partial charge on any atom is 0.240 e. The molecule has 1 aliphatic heterocycles. The van der Waals surface area contributed by atoms with E-state index < -0.39 is 10.0 Å². The van der Waals surface area contributed by atoms with Gasteiger partial charge in [0.1, 0.15) is 0 Å². The summed E-state index contributed by atoms with van der Waals surface area (Å²) >= 11 is 0. The fraction of sp³-hybridized carbons (Fsp3) is 0.261. The highest BCUT2D eigenvalue weighted by Gasteiger charge is 2.29. The molecule has 0 spiro atoms. The van der Waals surface area contributed by atoms with E-state index in [1.165, 1.54) is 6.07 Å². The van der Waals surface area contributed by atoms with Gasteiger partial charge in [0.25, 0.3) is 0 Å². The summed E-state index contributed by atoms with van der Waals surface area (Å²) < 4.78 is 23.2. The Bertz CT molecular complexity index is 1220. The predicted molar refractivity (Wildman–Crippen MR) is 119 cm³/mol. The number of amides is 1. The number of nitrogens with zero attached hydrogens (tertiary/aromatic N) is 1. The van der Waals surface area contributed by atoms with Crippen molar-refractivity contribution in [1.82, 2.24) is 5.32 Å². The summed E-state index contributed by atoms with van der Waals surface area (Å²) in [4.78, 5) is 14.9. The molecule has 3 aromatic rings. The molecule has 1 heterocycles. The van der Waals surface area contributed by atoms with E-state index in [4.69, 9.17) is 5.14 Å². The highest BCUT2D eigenvalue weighted by atomic mass is 32.2. The summed E-state index contributed by atoms with van der Waals surface area (Å²) in [6.07, 6.45) is 0.671. The number of carbonyl (C=O) groups is 1. The Morgan fingerprint density at radius 2 is 1.90 bits per heavy atom. The van der Waals surface area contributed by atoms with E-state index in [1.807, 2.05) is 43.0 Å². The third-order valence-corrected chi connectivity index (χ3v) is 6.63. The summed E-state index contributed by atoms with van der Waals surface area (Å²) in [6, 6.07) is 19.0. The van der Waals surface area contributed by atoms with Crippen LogP contribution in [0.25, 0.3) is 10.8 Å². The largest absolute Gasteiger partial charge is 0.359 e. The van der Waals surface area contributed by atoms with Crippen molar-refractivity contribution in [3.05, 3.63) is 71.8 Å². The number of hydrogen-bond donors (Lipinski definition) is 2. The SMILES string of the molecule is C[C@H](NC(=O)CN1c2ccc(S(N)(=O)=O)cc2C[C@@H]1C)c1cccc2ccccc12. The highest BCUT2D eigenvalue weighted by Crippen LogP contribution is 2.33. The molecule has 0 saturated carbocycles. The van der Waals surface area contributed by atoms with Gasteiger partial charge in [0.15, 0.2) is 0 Å². The molecule has 0 saturated heterocycles. The molecular weight excluding hydrogens is 398 g/mol. The average Bonchev–Trinajstić information content (AvgIpc) is 3.01. The van der Waals surface area contributed by atoms with Crippen molar-refractivity contribution in [1.29, 1.82) is 0 Å². The van der Waals surface area contributed by atoms with Gasteiger partial charge >= 0.3 is 0 Å². The van der Waals surface area contributed by atoms with E-state index in [0.717, 1.165) is 27.6 Å². The molecule has 3 aromatic carbocycles. The number of primary sulfonamides is 1. The number of rotatable bonds is 5. The molecule has 0 aliphatic carbocycles. The number of nitrogens with two attached hydrogens (primary N) is 1. The molecule has 1 amide bonds. The van der Waals surface area contributed by atoms with Gasteiger partial charge in [-0.1, -0.05) is 42.5 Å². The number of hydrogen-bond acceptors (Lipinski definition) is 4. The van der Waals surface area contributed by atoms with Crippen molar-refractivity contribution in [2.24, 2.45) is 5.14 Å². The van der Waals surface area contributed by atoms with Crippen LogP contribution >= 0.6 is 0 Å². The molecule has 0 fully saturated rings. The second-order valence-corrected chi connectivity index (χ2v) is 9.44. The van der Waals surface area contributed by atoms with Gasteiger partial charge in [-0.15, -0.1) is 0 Å². The first-order valence-electron chi connectivity index (χ1n) is 9.93.